The van der Waals surface area contributed by atoms with Crippen LogP contribution in [0.25, 0.3) is 22.6 Å². The van der Waals surface area contributed by atoms with Crippen molar-refractivity contribution < 1.29 is 4.42 Å². The molecule has 1 aromatic carbocycles. The summed E-state index contributed by atoms with van der Waals surface area (Å²) < 4.78 is 7.78. The van der Waals surface area contributed by atoms with E-state index in [-0.39, 0.29) is 5.56 Å². The second-order valence-corrected chi connectivity index (χ2v) is 7.16. The van der Waals surface area contributed by atoms with Crippen molar-refractivity contribution in [3.05, 3.63) is 58.0 Å². The smallest absolute Gasteiger partial charge is 0.278 e. The van der Waals surface area contributed by atoms with Crippen molar-refractivity contribution >= 4 is 22.9 Å². The summed E-state index contributed by atoms with van der Waals surface area (Å²) in [4.78, 5) is 27.9. The largest absolute Gasteiger partial charge is 0.441 e. The Balaban J connectivity index is 1.61. The van der Waals surface area contributed by atoms with Crippen molar-refractivity contribution in [2.45, 2.75) is 38.2 Å². The molecule has 27 heavy (non-hydrogen) atoms. The number of oxazole rings is 1. The Morgan fingerprint density at radius 1 is 1.19 bits per heavy atom. The summed E-state index contributed by atoms with van der Waals surface area (Å²) in [6, 6.07) is 8.09. The summed E-state index contributed by atoms with van der Waals surface area (Å²) >= 11 is 1.52. The molecule has 0 saturated carbocycles. The number of aromatic nitrogens is 5. The summed E-state index contributed by atoms with van der Waals surface area (Å²) in [6.07, 6.45) is 1.41. The third kappa shape index (κ3) is 3.28. The van der Waals surface area contributed by atoms with Gasteiger partial charge in [-0.1, -0.05) is 29.5 Å². The molecule has 0 aliphatic carbocycles. The number of rotatable bonds is 5. The van der Waals surface area contributed by atoms with E-state index in [2.05, 4.69) is 19.9 Å². The number of hydrogen-bond acceptors (Lipinski definition) is 6. The van der Waals surface area contributed by atoms with Gasteiger partial charge < -0.3 is 14.0 Å². The third-order valence-electron chi connectivity index (χ3n) is 4.35. The molecule has 138 valence electrons. The van der Waals surface area contributed by atoms with Crippen LogP contribution in [0.5, 0.6) is 0 Å². The predicted octanol–water partition coefficient (Wildman–Crippen LogP) is 3.70. The maximum atomic E-state index is 12.0. The molecule has 4 rings (SSSR count). The molecule has 4 aromatic rings. The summed E-state index contributed by atoms with van der Waals surface area (Å²) in [5.74, 6) is 2.00. The van der Waals surface area contributed by atoms with E-state index in [4.69, 9.17) is 4.42 Å². The molecule has 0 saturated heterocycles. The number of aryl methyl sites for hydroxylation is 3. The van der Waals surface area contributed by atoms with Crippen LogP contribution in [0.15, 0.2) is 45.0 Å². The van der Waals surface area contributed by atoms with Crippen molar-refractivity contribution in [2.75, 3.05) is 0 Å². The van der Waals surface area contributed by atoms with Crippen LogP contribution in [0.4, 0.5) is 0 Å². The standard InChI is InChI=1S/C19H19N5O2S/c1-4-24-16-15(17(25)21-10-20-16)23-19(24)27-9-14-12(3)26-18(22-14)13-7-5-11(2)6-8-13/h5-8,10H,4,9H2,1-3H3,(H,20,21,25). The van der Waals surface area contributed by atoms with E-state index in [1.807, 2.05) is 49.6 Å². The number of aromatic amines is 1. The first-order chi connectivity index (χ1) is 13.1. The summed E-state index contributed by atoms with van der Waals surface area (Å²) in [5, 5.41) is 0.746. The van der Waals surface area contributed by atoms with Crippen LogP contribution in [0, 0.1) is 13.8 Å². The average Bonchev–Trinajstić information content (AvgIpc) is 3.21. The van der Waals surface area contributed by atoms with Gasteiger partial charge in [0.05, 0.1) is 12.0 Å². The van der Waals surface area contributed by atoms with Crippen LogP contribution >= 0.6 is 11.8 Å². The molecule has 0 atom stereocenters. The zero-order valence-electron chi connectivity index (χ0n) is 15.3. The molecule has 0 radical (unpaired) electrons. The summed E-state index contributed by atoms with van der Waals surface area (Å²) in [6.45, 7) is 6.65. The lowest BCUT2D eigenvalue weighted by atomic mass is 10.1. The first kappa shape index (κ1) is 17.5. The lowest BCUT2D eigenvalue weighted by Crippen LogP contribution is -2.07. The highest BCUT2D eigenvalue weighted by Gasteiger charge is 2.16. The maximum Gasteiger partial charge on any atom is 0.278 e. The van der Waals surface area contributed by atoms with E-state index in [0.29, 0.717) is 29.4 Å². The molecule has 0 aliphatic rings. The highest BCUT2D eigenvalue weighted by molar-refractivity contribution is 7.98. The van der Waals surface area contributed by atoms with E-state index in [1.165, 1.54) is 23.7 Å². The van der Waals surface area contributed by atoms with Gasteiger partial charge in [-0.05, 0) is 32.9 Å². The fourth-order valence-corrected chi connectivity index (χ4v) is 3.90. The molecule has 3 aromatic heterocycles. The van der Waals surface area contributed by atoms with Crippen molar-refractivity contribution in [1.29, 1.82) is 0 Å². The zero-order chi connectivity index (χ0) is 19.0. The lowest BCUT2D eigenvalue weighted by Gasteiger charge is -2.03. The minimum atomic E-state index is -0.228. The Kier molecular flexibility index (Phi) is 4.57. The minimum absolute atomic E-state index is 0.228. The van der Waals surface area contributed by atoms with Gasteiger partial charge in [0.15, 0.2) is 16.3 Å². The summed E-state index contributed by atoms with van der Waals surface area (Å²) in [5.41, 5.74) is 3.75. The fourth-order valence-electron chi connectivity index (χ4n) is 2.84. The number of hydrogen-bond donors (Lipinski definition) is 1. The third-order valence-corrected chi connectivity index (χ3v) is 5.34. The molecule has 0 spiro atoms. The Labute approximate surface area is 159 Å². The van der Waals surface area contributed by atoms with Crippen LogP contribution in [0.3, 0.4) is 0 Å². The second kappa shape index (κ2) is 7.03. The van der Waals surface area contributed by atoms with Gasteiger partial charge in [-0.15, -0.1) is 0 Å². The minimum Gasteiger partial charge on any atom is -0.441 e. The normalized spacial score (nSPS) is 11.4. The Morgan fingerprint density at radius 3 is 2.70 bits per heavy atom. The van der Waals surface area contributed by atoms with Gasteiger partial charge >= 0.3 is 0 Å². The van der Waals surface area contributed by atoms with Crippen molar-refractivity contribution in [3.63, 3.8) is 0 Å². The lowest BCUT2D eigenvalue weighted by molar-refractivity contribution is 0.540. The van der Waals surface area contributed by atoms with E-state index in [0.717, 1.165) is 22.2 Å². The van der Waals surface area contributed by atoms with Gasteiger partial charge in [-0.2, -0.15) is 0 Å². The summed E-state index contributed by atoms with van der Waals surface area (Å²) in [7, 11) is 0. The number of nitrogens with one attached hydrogen (secondary N) is 1. The van der Waals surface area contributed by atoms with Crippen LogP contribution < -0.4 is 5.56 Å². The first-order valence-corrected chi connectivity index (χ1v) is 9.65. The number of benzene rings is 1. The van der Waals surface area contributed by atoms with Gasteiger partial charge in [-0.25, -0.2) is 15.0 Å². The molecule has 7 nitrogen and oxygen atoms in total. The van der Waals surface area contributed by atoms with E-state index >= 15 is 0 Å². The first-order valence-electron chi connectivity index (χ1n) is 8.67. The number of imidazole rings is 1. The Morgan fingerprint density at radius 2 is 1.96 bits per heavy atom. The number of H-pyrrole nitrogens is 1. The van der Waals surface area contributed by atoms with Gasteiger partial charge in [0.25, 0.3) is 5.56 Å². The molecule has 1 N–H and O–H groups in total. The van der Waals surface area contributed by atoms with Crippen molar-refractivity contribution in [2.24, 2.45) is 0 Å². The van der Waals surface area contributed by atoms with Crippen LogP contribution in [-0.2, 0) is 12.3 Å². The predicted molar refractivity (Wildman–Crippen MR) is 105 cm³/mol. The van der Waals surface area contributed by atoms with Gasteiger partial charge in [0.1, 0.15) is 5.76 Å². The molecular formula is C19H19N5O2S. The van der Waals surface area contributed by atoms with E-state index in [9.17, 15) is 4.79 Å². The molecule has 0 aliphatic heterocycles. The number of fused-ring (bicyclic) bond motifs is 1. The second-order valence-electron chi connectivity index (χ2n) is 6.22. The number of thioether (sulfide) groups is 1. The molecule has 0 amide bonds. The zero-order valence-corrected chi connectivity index (χ0v) is 16.1. The number of nitrogens with zero attached hydrogens (tertiary/aromatic N) is 4. The van der Waals surface area contributed by atoms with Crippen molar-refractivity contribution in [3.8, 4) is 11.5 Å². The quantitative estimate of drug-likeness (QED) is 0.530. The Bertz CT molecular complexity index is 1160. The highest BCUT2D eigenvalue weighted by Crippen LogP contribution is 2.28. The topological polar surface area (TPSA) is 89.6 Å². The van der Waals surface area contributed by atoms with Gasteiger partial charge in [0, 0.05) is 17.9 Å². The van der Waals surface area contributed by atoms with Gasteiger partial charge in [0.2, 0.25) is 5.89 Å². The molecular weight excluding hydrogens is 362 g/mol. The van der Waals surface area contributed by atoms with Crippen LogP contribution in [0.1, 0.15) is 23.9 Å². The van der Waals surface area contributed by atoms with Crippen LogP contribution in [0.2, 0.25) is 0 Å². The Hall–Kier alpha value is -2.87. The average molecular weight is 381 g/mol. The molecule has 3 heterocycles. The monoisotopic (exact) mass is 381 g/mol. The van der Waals surface area contributed by atoms with E-state index < -0.39 is 0 Å². The molecule has 0 fully saturated rings. The van der Waals surface area contributed by atoms with Gasteiger partial charge in [-0.3, -0.25) is 4.79 Å². The molecule has 0 bridgehead atoms. The van der Waals surface area contributed by atoms with Crippen LogP contribution in [-0.4, -0.2) is 24.5 Å². The molecule has 0 unspecified atom stereocenters. The van der Waals surface area contributed by atoms with Crippen molar-refractivity contribution in [1.82, 2.24) is 24.5 Å². The highest BCUT2D eigenvalue weighted by atomic mass is 32.2. The SMILES string of the molecule is CCn1c(SCc2nc(-c3ccc(C)cc3)oc2C)nc2c(=O)[nH]cnc21. The maximum absolute atomic E-state index is 12.0. The molecule has 8 heteroatoms. The fraction of sp³-hybridized carbons (Fsp3) is 0.263. The van der Waals surface area contributed by atoms with E-state index in [1.54, 1.807) is 0 Å².